The summed E-state index contributed by atoms with van der Waals surface area (Å²) in [6, 6.07) is 0. The van der Waals surface area contributed by atoms with E-state index in [1.807, 2.05) is 0 Å². The number of hydrogen-bond acceptors (Lipinski definition) is 4. The first-order valence-corrected chi connectivity index (χ1v) is 6.42. The van der Waals surface area contributed by atoms with Crippen molar-refractivity contribution < 1.29 is 18.3 Å². The molecule has 4 nitrogen and oxygen atoms in total. The standard InChI is InChI=1S/C10H19O4Si/c1-9(15(11-2)12-3)5-4-6-13-7-10-8-14-10/h10H,1,4-8H2,2-3H3. The maximum Gasteiger partial charge on any atom is 0.418 e. The van der Waals surface area contributed by atoms with Crippen LogP contribution < -0.4 is 0 Å². The van der Waals surface area contributed by atoms with E-state index in [0.717, 1.165) is 37.9 Å². The second-order valence-corrected chi connectivity index (χ2v) is 5.53. The highest BCUT2D eigenvalue weighted by Gasteiger charge is 2.22. The topological polar surface area (TPSA) is 40.2 Å². The second kappa shape index (κ2) is 7.13. The van der Waals surface area contributed by atoms with Gasteiger partial charge in [0.1, 0.15) is 6.10 Å². The Labute approximate surface area is 93.0 Å². The van der Waals surface area contributed by atoms with Gasteiger partial charge in [0.05, 0.1) is 13.2 Å². The first-order valence-electron chi connectivity index (χ1n) is 5.10. The molecule has 0 bridgehead atoms. The van der Waals surface area contributed by atoms with Crippen molar-refractivity contribution in [2.45, 2.75) is 18.9 Å². The van der Waals surface area contributed by atoms with E-state index in [9.17, 15) is 0 Å². The predicted molar refractivity (Wildman–Crippen MR) is 58.7 cm³/mol. The molecule has 0 saturated carbocycles. The second-order valence-electron chi connectivity index (χ2n) is 3.43. The van der Waals surface area contributed by atoms with Crippen LogP contribution in [0.3, 0.4) is 0 Å². The average molecular weight is 231 g/mol. The van der Waals surface area contributed by atoms with Crippen molar-refractivity contribution in [2.75, 3.05) is 34.0 Å². The minimum atomic E-state index is -1.27. The van der Waals surface area contributed by atoms with Crippen LogP contribution >= 0.6 is 0 Å². The van der Waals surface area contributed by atoms with Gasteiger partial charge >= 0.3 is 9.28 Å². The molecule has 0 aliphatic carbocycles. The Kier molecular flexibility index (Phi) is 6.12. The highest BCUT2D eigenvalue weighted by Crippen LogP contribution is 2.11. The summed E-state index contributed by atoms with van der Waals surface area (Å²) in [7, 11) is 2.05. The number of ether oxygens (including phenoxy) is 2. The molecule has 1 atom stereocenters. The summed E-state index contributed by atoms with van der Waals surface area (Å²) in [6.45, 7) is 6.28. The molecule has 1 fully saturated rings. The van der Waals surface area contributed by atoms with Crippen molar-refractivity contribution in [1.29, 1.82) is 0 Å². The lowest BCUT2D eigenvalue weighted by Crippen LogP contribution is -2.22. The highest BCUT2D eigenvalue weighted by molar-refractivity contribution is 6.53. The van der Waals surface area contributed by atoms with Crippen molar-refractivity contribution in [1.82, 2.24) is 0 Å². The Morgan fingerprint density at radius 1 is 1.47 bits per heavy atom. The molecule has 0 aromatic rings. The first-order chi connectivity index (χ1) is 7.27. The lowest BCUT2D eigenvalue weighted by Gasteiger charge is -2.11. The van der Waals surface area contributed by atoms with Gasteiger partial charge in [-0.05, 0) is 18.0 Å². The van der Waals surface area contributed by atoms with Gasteiger partial charge in [0.25, 0.3) is 0 Å². The van der Waals surface area contributed by atoms with Crippen LogP contribution in [0.25, 0.3) is 0 Å². The molecule has 0 aromatic heterocycles. The molecule has 0 spiro atoms. The molecule has 15 heavy (non-hydrogen) atoms. The Morgan fingerprint density at radius 3 is 2.67 bits per heavy atom. The summed E-state index contributed by atoms with van der Waals surface area (Å²) in [5, 5.41) is 1.05. The van der Waals surface area contributed by atoms with Gasteiger partial charge in [-0.25, -0.2) is 0 Å². The fraction of sp³-hybridized carbons (Fsp3) is 0.800. The van der Waals surface area contributed by atoms with Crippen LogP contribution in [-0.4, -0.2) is 49.4 Å². The number of rotatable bonds is 9. The normalized spacial score (nSPS) is 19.5. The van der Waals surface area contributed by atoms with Crippen molar-refractivity contribution >= 4 is 9.28 Å². The zero-order valence-corrected chi connectivity index (χ0v) is 10.5. The van der Waals surface area contributed by atoms with E-state index in [-0.39, 0.29) is 0 Å². The van der Waals surface area contributed by atoms with Crippen LogP contribution in [-0.2, 0) is 18.3 Å². The van der Waals surface area contributed by atoms with E-state index in [1.165, 1.54) is 0 Å². The molecule has 1 saturated heterocycles. The summed E-state index contributed by atoms with van der Waals surface area (Å²) < 4.78 is 20.8. The van der Waals surface area contributed by atoms with Crippen molar-refractivity contribution in [3.8, 4) is 0 Å². The largest absolute Gasteiger partial charge is 0.418 e. The van der Waals surface area contributed by atoms with Gasteiger partial charge < -0.3 is 18.3 Å². The molecule has 0 amide bonds. The van der Waals surface area contributed by atoms with Gasteiger partial charge in [-0.3, -0.25) is 0 Å². The van der Waals surface area contributed by atoms with E-state index >= 15 is 0 Å². The van der Waals surface area contributed by atoms with Crippen LogP contribution in [0.5, 0.6) is 0 Å². The zero-order valence-electron chi connectivity index (χ0n) is 9.45. The number of hydrogen-bond donors (Lipinski definition) is 0. The molecular formula is C10H19O4Si. The molecule has 1 radical (unpaired) electrons. The van der Waals surface area contributed by atoms with Gasteiger partial charge in [-0.2, -0.15) is 0 Å². The summed E-state index contributed by atoms with van der Waals surface area (Å²) in [4.78, 5) is 0. The van der Waals surface area contributed by atoms with E-state index in [4.69, 9.17) is 18.3 Å². The Hall–Kier alpha value is -0.203. The van der Waals surface area contributed by atoms with E-state index in [0.29, 0.717) is 6.10 Å². The van der Waals surface area contributed by atoms with Crippen molar-refractivity contribution in [2.24, 2.45) is 0 Å². The van der Waals surface area contributed by atoms with Gasteiger partial charge in [0, 0.05) is 20.8 Å². The van der Waals surface area contributed by atoms with Crippen LogP contribution in [0.1, 0.15) is 12.8 Å². The van der Waals surface area contributed by atoms with E-state index < -0.39 is 9.28 Å². The first kappa shape index (κ1) is 12.9. The zero-order chi connectivity index (χ0) is 11.1. The predicted octanol–water partition coefficient (Wildman–Crippen LogP) is 1.06. The third kappa shape index (κ3) is 5.43. The summed E-state index contributed by atoms with van der Waals surface area (Å²) in [5.74, 6) is 0. The lowest BCUT2D eigenvalue weighted by molar-refractivity contribution is 0.114. The van der Waals surface area contributed by atoms with Crippen LogP contribution in [0, 0.1) is 0 Å². The van der Waals surface area contributed by atoms with Gasteiger partial charge in [0.2, 0.25) is 0 Å². The molecule has 1 rings (SSSR count). The molecular weight excluding hydrogens is 212 g/mol. The molecule has 1 heterocycles. The van der Waals surface area contributed by atoms with Crippen LogP contribution in [0.15, 0.2) is 11.8 Å². The quantitative estimate of drug-likeness (QED) is 0.338. The summed E-state index contributed by atoms with van der Waals surface area (Å²) >= 11 is 0. The number of allylic oxidation sites excluding steroid dienone is 1. The third-order valence-corrected chi connectivity index (χ3v) is 3.70. The lowest BCUT2D eigenvalue weighted by atomic mass is 10.3. The Morgan fingerprint density at radius 2 is 2.13 bits per heavy atom. The van der Waals surface area contributed by atoms with Crippen molar-refractivity contribution in [3.05, 3.63) is 11.8 Å². The maximum absolute atomic E-state index is 5.42. The molecule has 1 aliphatic heterocycles. The summed E-state index contributed by atoms with van der Waals surface area (Å²) in [6.07, 6.45) is 2.22. The fourth-order valence-corrected chi connectivity index (χ4v) is 2.37. The summed E-state index contributed by atoms with van der Waals surface area (Å²) in [5.41, 5.74) is 0. The molecule has 87 valence electrons. The smallest absolute Gasteiger partial charge is 0.393 e. The van der Waals surface area contributed by atoms with Gasteiger partial charge in [0.15, 0.2) is 0 Å². The molecule has 1 unspecified atom stereocenters. The van der Waals surface area contributed by atoms with Gasteiger partial charge in [-0.1, -0.05) is 6.58 Å². The molecule has 1 aliphatic rings. The monoisotopic (exact) mass is 231 g/mol. The SMILES string of the molecule is C=C(CCCOCC1CO1)[Si](OC)OC. The van der Waals surface area contributed by atoms with E-state index in [1.54, 1.807) is 14.2 Å². The Bertz CT molecular complexity index is 190. The number of epoxide rings is 1. The van der Waals surface area contributed by atoms with Crippen LogP contribution in [0.4, 0.5) is 0 Å². The fourth-order valence-electron chi connectivity index (χ4n) is 1.24. The minimum Gasteiger partial charge on any atom is -0.393 e. The highest BCUT2D eigenvalue weighted by atomic mass is 28.3. The third-order valence-electron chi connectivity index (χ3n) is 2.13. The van der Waals surface area contributed by atoms with Crippen molar-refractivity contribution in [3.63, 3.8) is 0 Å². The molecule has 0 aromatic carbocycles. The average Bonchev–Trinajstić information content (AvgIpc) is 3.03. The minimum absolute atomic E-state index is 0.353. The molecule has 5 heteroatoms. The van der Waals surface area contributed by atoms with Gasteiger partial charge in [-0.15, -0.1) is 0 Å². The van der Waals surface area contributed by atoms with Crippen LogP contribution in [0.2, 0.25) is 0 Å². The van der Waals surface area contributed by atoms with E-state index in [2.05, 4.69) is 6.58 Å². The Balaban J connectivity index is 1.94. The molecule has 0 N–H and O–H groups in total. The maximum atomic E-state index is 5.42.